The molecule has 1 aliphatic carbocycles. The zero-order valence-corrected chi connectivity index (χ0v) is 13.1. The zero-order valence-electron chi connectivity index (χ0n) is 13.1. The quantitative estimate of drug-likeness (QED) is 0.670. The smallest absolute Gasteiger partial charge is 0.166 e. The van der Waals surface area contributed by atoms with Crippen molar-refractivity contribution in [1.82, 2.24) is 10.2 Å². The lowest BCUT2D eigenvalue weighted by Crippen LogP contribution is -2.47. The van der Waals surface area contributed by atoms with E-state index in [0.29, 0.717) is 32.2 Å². The van der Waals surface area contributed by atoms with Crippen molar-refractivity contribution in [3.8, 4) is 0 Å². The molecule has 1 saturated heterocycles. The number of benzene rings is 1. The highest BCUT2D eigenvalue weighted by Crippen LogP contribution is 2.41. The van der Waals surface area contributed by atoms with Crippen molar-refractivity contribution < 1.29 is 17.6 Å². The van der Waals surface area contributed by atoms with Crippen LogP contribution in [-0.4, -0.2) is 31.1 Å². The summed E-state index contributed by atoms with van der Waals surface area (Å²) in [7, 11) is 0. The standard InChI is InChI=1S/C17H22F4N2/c18-12-10-13(19)16(21)14(15(12)20)17(11-4-2-1-3-5-11)23-8-6-22-7-9-23/h10-11,17,22H,1-9H2/t17-/m0/s1. The lowest BCUT2D eigenvalue weighted by Gasteiger charge is -2.41. The molecule has 0 amide bonds. The van der Waals surface area contributed by atoms with Crippen LogP contribution in [0.2, 0.25) is 0 Å². The summed E-state index contributed by atoms with van der Waals surface area (Å²) in [5, 5.41) is 3.20. The molecule has 2 nitrogen and oxygen atoms in total. The van der Waals surface area contributed by atoms with Gasteiger partial charge in [-0.25, -0.2) is 17.6 Å². The molecule has 128 valence electrons. The molecule has 0 radical (unpaired) electrons. The molecule has 0 spiro atoms. The van der Waals surface area contributed by atoms with Crippen LogP contribution < -0.4 is 5.32 Å². The predicted octanol–water partition coefficient (Wildman–Crippen LogP) is 3.77. The Kier molecular flexibility index (Phi) is 5.21. The van der Waals surface area contributed by atoms with Crippen LogP contribution in [0.15, 0.2) is 6.07 Å². The van der Waals surface area contributed by atoms with Crippen molar-refractivity contribution in [2.24, 2.45) is 5.92 Å². The molecular weight excluding hydrogens is 308 g/mol. The third-order valence-electron chi connectivity index (χ3n) is 5.08. The SMILES string of the molecule is Fc1cc(F)c(F)c([C@H](C2CCCCC2)N2CCNCC2)c1F. The fraction of sp³-hybridized carbons (Fsp3) is 0.647. The Labute approximate surface area is 133 Å². The van der Waals surface area contributed by atoms with Crippen LogP contribution in [0, 0.1) is 29.2 Å². The van der Waals surface area contributed by atoms with Gasteiger partial charge in [0.15, 0.2) is 23.3 Å². The van der Waals surface area contributed by atoms with Gasteiger partial charge in [-0.1, -0.05) is 19.3 Å². The summed E-state index contributed by atoms with van der Waals surface area (Å²) < 4.78 is 56.2. The summed E-state index contributed by atoms with van der Waals surface area (Å²) in [6.07, 6.45) is 4.77. The van der Waals surface area contributed by atoms with Crippen LogP contribution in [0.1, 0.15) is 43.7 Å². The fourth-order valence-corrected chi connectivity index (χ4v) is 3.98. The second-order valence-electron chi connectivity index (χ2n) is 6.51. The van der Waals surface area contributed by atoms with Gasteiger partial charge >= 0.3 is 0 Å². The molecule has 0 unspecified atom stereocenters. The van der Waals surface area contributed by atoms with Crippen LogP contribution in [0.3, 0.4) is 0 Å². The van der Waals surface area contributed by atoms with Gasteiger partial charge in [0, 0.05) is 43.9 Å². The van der Waals surface area contributed by atoms with Gasteiger partial charge in [-0.3, -0.25) is 4.90 Å². The Bertz CT molecular complexity index is 508. The Morgan fingerprint density at radius 1 is 0.913 bits per heavy atom. The summed E-state index contributed by atoms with van der Waals surface area (Å²) in [6.45, 7) is 2.67. The molecule has 2 aliphatic rings. The van der Waals surface area contributed by atoms with Crippen molar-refractivity contribution in [3.63, 3.8) is 0 Å². The van der Waals surface area contributed by atoms with Crippen LogP contribution in [0.4, 0.5) is 17.6 Å². The number of nitrogens with one attached hydrogen (secondary N) is 1. The Morgan fingerprint density at radius 3 is 2.04 bits per heavy atom. The Hall–Kier alpha value is -1.14. The van der Waals surface area contributed by atoms with E-state index in [1.165, 1.54) is 0 Å². The summed E-state index contributed by atoms with van der Waals surface area (Å²) in [4.78, 5) is 1.98. The number of rotatable bonds is 3. The van der Waals surface area contributed by atoms with Gasteiger partial charge in [-0.2, -0.15) is 0 Å². The fourth-order valence-electron chi connectivity index (χ4n) is 3.98. The lowest BCUT2D eigenvalue weighted by atomic mass is 9.79. The third-order valence-corrected chi connectivity index (χ3v) is 5.08. The monoisotopic (exact) mass is 330 g/mol. The number of piperazine rings is 1. The molecule has 1 saturated carbocycles. The third kappa shape index (κ3) is 3.38. The molecule has 6 heteroatoms. The largest absolute Gasteiger partial charge is 0.314 e. The molecule has 1 heterocycles. The Morgan fingerprint density at radius 2 is 1.48 bits per heavy atom. The van der Waals surface area contributed by atoms with Gasteiger partial charge < -0.3 is 5.32 Å². The summed E-state index contributed by atoms with van der Waals surface area (Å²) in [6, 6.07) is -0.299. The normalized spacial score (nSPS) is 22.3. The van der Waals surface area contributed by atoms with Crippen molar-refractivity contribution in [2.45, 2.75) is 38.1 Å². The molecule has 0 bridgehead atoms. The van der Waals surface area contributed by atoms with E-state index in [4.69, 9.17) is 0 Å². The summed E-state index contributed by atoms with van der Waals surface area (Å²) >= 11 is 0. The van der Waals surface area contributed by atoms with Gasteiger partial charge in [-0.15, -0.1) is 0 Å². The lowest BCUT2D eigenvalue weighted by molar-refractivity contribution is 0.0962. The Balaban J connectivity index is 2.03. The second-order valence-corrected chi connectivity index (χ2v) is 6.51. The average Bonchev–Trinajstić information content (AvgIpc) is 2.58. The van der Waals surface area contributed by atoms with Gasteiger partial charge in [0.25, 0.3) is 0 Å². The molecular formula is C17H22F4N2. The first-order valence-corrected chi connectivity index (χ1v) is 8.37. The van der Waals surface area contributed by atoms with E-state index in [2.05, 4.69) is 5.32 Å². The van der Waals surface area contributed by atoms with Gasteiger partial charge in [0.1, 0.15) is 0 Å². The van der Waals surface area contributed by atoms with E-state index in [-0.39, 0.29) is 5.92 Å². The summed E-state index contributed by atoms with van der Waals surface area (Å²) in [5.74, 6) is -5.06. The predicted molar refractivity (Wildman–Crippen MR) is 80.0 cm³/mol. The first-order valence-electron chi connectivity index (χ1n) is 8.37. The molecule has 0 aromatic heterocycles. The first-order chi connectivity index (χ1) is 11.1. The molecule has 1 atom stereocenters. The maximum Gasteiger partial charge on any atom is 0.166 e. The first kappa shape index (κ1) is 16.7. The molecule has 1 aromatic carbocycles. The topological polar surface area (TPSA) is 15.3 Å². The zero-order chi connectivity index (χ0) is 16.4. The minimum absolute atomic E-state index is 0.0343. The molecule has 1 N–H and O–H groups in total. The molecule has 3 rings (SSSR count). The highest BCUT2D eigenvalue weighted by molar-refractivity contribution is 5.27. The minimum atomic E-state index is -1.31. The highest BCUT2D eigenvalue weighted by Gasteiger charge is 2.36. The van der Waals surface area contributed by atoms with Crippen LogP contribution in [0.25, 0.3) is 0 Å². The minimum Gasteiger partial charge on any atom is -0.314 e. The van der Waals surface area contributed by atoms with Gasteiger partial charge in [0.05, 0.1) is 0 Å². The number of hydrogen-bond donors (Lipinski definition) is 1. The van der Waals surface area contributed by atoms with Crippen molar-refractivity contribution in [1.29, 1.82) is 0 Å². The van der Waals surface area contributed by atoms with E-state index >= 15 is 0 Å². The number of nitrogens with zero attached hydrogens (tertiary/aromatic N) is 1. The van der Waals surface area contributed by atoms with Crippen LogP contribution in [0.5, 0.6) is 0 Å². The van der Waals surface area contributed by atoms with Crippen molar-refractivity contribution in [3.05, 3.63) is 34.9 Å². The van der Waals surface area contributed by atoms with Crippen molar-refractivity contribution in [2.75, 3.05) is 26.2 Å². The number of halogens is 4. The van der Waals surface area contributed by atoms with E-state index in [1.54, 1.807) is 0 Å². The van der Waals surface area contributed by atoms with Crippen LogP contribution in [-0.2, 0) is 0 Å². The molecule has 1 aromatic rings. The van der Waals surface area contributed by atoms with Crippen LogP contribution >= 0.6 is 0 Å². The van der Waals surface area contributed by atoms with Gasteiger partial charge in [-0.05, 0) is 18.8 Å². The van der Waals surface area contributed by atoms with E-state index < -0.39 is 34.9 Å². The van der Waals surface area contributed by atoms with E-state index in [1.807, 2.05) is 4.90 Å². The van der Waals surface area contributed by atoms with E-state index in [9.17, 15) is 17.6 Å². The summed E-state index contributed by atoms with van der Waals surface area (Å²) in [5.41, 5.74) is -0.420. The second kappa shape index (κ2) is 7.18. The number of hydrogen-bond acceptors (Lipinski definition) is 2. The maximum atomic E-state index is 14.4. The molecule has 1 aliphatic heterocycles. The maximum absolute atomic E-state index is 14.4. The molecule has 2 fully saturated rings. The molecule has 23 heavy (non-hydrogen) atoms. The van der Waals surface area contributed by atoms with E-state index in [0.717, 1.165) is 32.1 Å². The van der Waals surface area contributed by atoms with Crippen molar-refractivity contribution >= 4 is 0 Å². The highest BCUT2D eigenvalue weighted by atomic mass is 19.2. The van der Waals surface area contributed by atoms with Gasteiger partial charge in [0.2, 0.25) is 0 Å². The average molecular weight is 330 g/mol.